The summed E-state index contributed by atoms with van der Waals surface area (Å²) in [5.41, 5.74) is 6.53. The molecular weight excluding hydrogens is 835 g/mol. The first-order valence-corrected chi connectivity index (χ1v) is 25.0. The van der Waals surface area contributed by atoms with Crippen molar-refractivity contribution in [3.8, 4) is 17.6 Å². The van der Waals surface area contributed by atoms with Crippen molar-refractivity contribution in [1.82, 2.24) is 25.1 Å². The minimum Gasteiger partial charge on any atom is -0.494 e. The molecule has 330 valence electrons. The minimum absolute atomic E-state index is 0.174. The summed E-state index contributed by atoms with van der Waals surface area (Å²) in [5, 5.41) is 10.1. The van der Waals surface area contributed by atoms with Crippen LogP contribution in [-0.2, 0) is 27.1 Å². The van der Waals surface area contributed by atoms with E-state index < -0.39 is 19.1 Å². The molecule has 5 heterocycles. The van der Waals surface area contributed by atoms with Crippen LogP contribution < -0.4 is 30.9 Å². The fraction of sp³-hybridized carbons (Fsp3) is 0.438. The minimum atomic E-state index is -2.56. The highest BCUT2D eigenvalue weighted by Crippen LogP contribution is 2.44. The summed E-state index contributed by atoms with van der Waals surface area (Å²) in [6.45, 7) is 11.2. The lowest BCUT2D eigenvalue weighted by atomic mass is 9.71. The molecule has 4 aliphatic rings. The Morgan fingerprint density at radius 1 is 0.984 bits per heavy atom. The molecule has 63 heavy (non-hydrogen) atoms. The van der Waals surface area contributed by atoms with Crippen molar-refractivity contribution < 1.29 is 23.7 Å². The maximum absolute atomic E-state index is 13.2. The second kappa shape index (κ2) is 18.7. The number of halogens is 1. The van der Waals surface area contributed by atoms with E-state index in [4.69, 9.17) is 21.3 Å². The van der Waals surface area contributed by atoms with Crippen molar-refractivity contribution in [3.05, 3.63) is 88.1 Å². The summed E-state index contributed by atoms with van der Waals surface area (Å²) in [6, 6.07) is 16.7. The monoisotopic (exact) mass is 890 g/mol. The number of benzene rings is 3. The number of unbranched alkanes of at least 4 members (excludes halogenated alkanes) is 1. The smallest absolute Gasteiger partial charge is 0.255 e. The Balaban J connectivity index is 0.830. The van der Waals surface area contributed by atoms with E-state index in [-0.39, 0.29) is 18.2 Å². The molecule has 1 atom stereocenters. The zero-order valence-corrected chi connectivity index (χ0v) is 38.2. The lowest BCUT2D eigenvalue weighted by Gasteiger charge is -2.47. The molecule has 4 aliphatic heterocycles. The highest BCUT2D eigenvalue weighted by atomic mass is 35.5. The first-order chi connectivity index (χ1) is 30.3. The number of aryl methyl sites for hydroxylation is 1. The number of nitrogens with one attached hydrogen (secondary N) is 3. The Hall–Kier alpha value is -5.41. The number of piperidine rings is 3. The van der Waals surface area contributed by atoms with Crippen LogP contribution in [0.15, 0.2) is 60.8 Å². The molecule has 13 nitrogen and oxygen atoms in total. The van der Waals surface area contributed by atoms with Crippen molar-refractivity contribution in [2.24, 2.45) is 5.41 Å². The van der Waals surface area contributed by atoms with Crippen LogP contribution in [0.25, 0.3) is 0 Å². The van der Waals surface area contributed by atoms with Crippen molar-refractivity contribution in [2.75, 3.05) is 68.7 Å². The number of methoxy groups -OCH3 is 1. The van der Waals surface area contributed by atoms with E-state index in [0.29, 0.717) is 52.2 Å². The van der Waals surface area contributed by atoms with Crippen LogP contribution in [0.2, 0.25) is 5.02 Å². The summed E-state index contributed by atoms with van der Waals surface area (Å²) in [4.78, 5) is 53.2. The summed E-state index contributed by atoms with van der Waals surface area (Å²) < 4.78 is 18.9. The third-order valence-corrected chi connectivity index (χ3v) is 15.0. The quantitative estimate of drug-likeness (QED) is 0.0556. The molecule has 8 rings (SSSR count). The number of nitrogens with zero attached hydrogens (tertiary/aromatic N) is 5. The van der Waals surface area contributed by atoms with Gasteiger partial charge in [0.15, 0.2) is 5.82 Å². The van der Waals surface area contributed by atoms with E-state index in [1.54, 1.807) is 37.6 Å². The van der Waals surface area contributed by atoms with Gasteiger partial charge in [-0.3, -0.25) is 19.7 Å². The summed E-state index contributed by atoms with van der Waals surface area (Å²) in [5.74, 6) is 7.28. The number of imide groups is 1. The second-order valence-corrected chi connectivity index (χ2v) is 21.1. The largest absolute Gasteiger partial charge is 0.494 e. The SMILES string of the molecule is CCc1cc(Nc2ncc(Cl)c(Nc3ccccc3P(C)(C)=O)n2)c(OC)cc1N1CCC2(CCN(CCCC#Cc3cccc4c3CN(C3CCC(=O)NC3=O)C4=O)CC2)CC1. The third kappa shape index (κ3) is 9.74. The fourth-order valence-electron chi connectivity index (χ4n) is 9.49. The molecule has 3 saturated heterocycles. The van der Waals surface area contributed by atoms with Gasteiger partial charge in [-0.1, -0.05) is 48.6 Å². The summed E-state index contributed by atoms with van der Waals surface area (Å²) >= 11 is 6.54. The number of likely N-dealkylation sites (tertiary alicyclic amines) is 1. The van der Waals surface area contributed by atoms with Crippen LogP contribution >= 0.6 is 18.7 Å². The number of para-hydroxylation sites is 1. The van der Waals surface area contributed by atoms with Crippen molar-refractivity contribution >= 4 is 70.6 Å². The number of aromatic nitrogens is 2. The van der Waals surface area contributed by atoms with Crippen LogP contribution in [0.3, 0.4) is 0 Å². The maximum atomic E-state index is 13.2. The molecule has 0 saturated carbocycles. The van der Waals surface area contributed by atoms with E-state index >= 15 is 0 Å². The van der Waals surface area contributed by atoms with Crippen LogP contribution in [0.4, 0.5) is 28.8 Å². The lowest BCUT2D eigenvalue weighted by molar-refractivity contribution is -0.136. The van der Waals surface area contributed by atoms with Gasteiger partial charge in [0.25, 0.3) is 5.91 Å². The van der Waals surface area contributed by atoms with Crippen LogP contribution in [0.1, 0.15) is 85.3 Å². The average Bonchev–Trinajstić information content (AvgIpc) is 3.61. The topological polar surface area (TPSA) is 149 Å². The van der Waals surface area contributed by atoms with Crippen LogP contribution in [0, 0.1) is 17.3 Å². The average molecular weight is 891 g/mol. The van der Waals surface area contributed by atoms with E-state index in [2.05, 4.69) is 61.6 Å². The van der Waals surface area contributed by atoms with E-state index in [0.717, 1.165) is 86.9 Å². The molecule has 0 aliphatic carbocycles. The van der Waals surface area contributed by atoms with Gasteiger partial charge in [-0.25, -0.2) is 4.98 Å². The van der Waals surface area contributed by atoms with Gasteiger partial charge in [-0.05, 0) is 125 Å². The van der Waals surface area contributed by atoms with Gasteiger partial charge in [-0.2, -0.15) is 4.98 Å². The van der Waals surface area contributed by atoms with E-state index in [9.17, 15) is 18.9 Å². The number of anilines is 5. The van der Waals surface area contributed by atoms with Gasteiger partial charge in [0.2, 0.25) is 17.8 Å². The Morgan fingerprint density at radius 3 is 2.48 bits per heavy atom. The van der Waals surface area contributed by atoms with Crippen LogP contribution in [-0.4, -0.2) is 96.7 Å². The molecule has 3 aromatic carbocycles. The number of rotatable bonds is 12. The molecule has 1 spiro atoms. The predicted octanol–water partition coefficient (Wildman–Crippen LogP) is 7.71. The molecule has 15 heteroatoms. The summed E-state index contributed by atoms with van der Waals surface area (Å²) in [7, 11) is -0.875. The van der Waals surface area contributed by atoms with Gasteiger partial charge < -0.3 is 34.6 Å². The Labute approximate surface area is 375 Å². The van der Waals surface area contributed by atoms with Gasteiger partial charge in [0.1, 0.15) is 24.0 Å². The standard InChI is InChI=1S/C48H56ClN8O5P/c1-5-32-28-38(52-47-50-30-36(49)44(54-47)51-37-15-8-9-16-42(37)63(3,4)61)41(62-2)29-40(32)56-26-21-48(22-27-56)19-24-55(25-20-48)23-10-6-7-12-33-13-11-14-34-35(33)31-57(46(34)60)39-17-18-43(58)53-45(39)59/h8-9,11,13-16,28-30,39H,5-6,10,17-27,31H2,1-4H3,(H,53,58,59)(H2,50,51,52,54). The normalized spacial score (nSPS) is 18.7. The predicted molar refractivity (Wildman–Crippen MR) is 250 cm³/mol. The highest BCUT2D eigenvalue weighted by Gasteiger charge is 2.40. The van der Waals surface area contributed by atoms with Gasteiger partial charge >= 0.3 is 0 Å². The molecule has 0 radical (unpaired) electrons. The highest BCUT2D eigenvalue weighted by molar-refractivity contribution is 7.70. The van der Waals surface area contributed by atoms with Crippen LogP contribution in [0.5, 0.6) is 5.75 Å². The zero-order valence-electron chi connectivity index (χ0n) is 36.6. The van der Waals surface area contributed by atoms with Crippen molar-refractivity contribution in [2.45, 2.75) is 77.3 Å². The molecule has 3 N–H and O–H groups in total. The fourth-order valence-corrected chi connectivity index (χ4v) is 10.8. The number of ether oxygens (including phenoxy) is 1. The Kier molecular flexibility index (Phi) is 13.2. The lowest BCUT2D eigenvalue weighted by Crippen LogP contribution is -2.52. The number of hydrogen-bond acceptors (Lipinski definition) is 11. The number of amides is 3. The number of carbonyl (C=O) groups excluding carboxylic acids is 3. The summed E-state index contributed by atoms with van der Waals surface area (Å²) in [6.07, 6.45) is 9.45. The van der Waals surface area contributed by atoms with Gasteiger partial charge in [-0.15, -0.1) is 0 Å². The van der Waals surface area contributed by atoms with E-state index in [1.165, 1.54) is 24.1 Å². The molecule has 3 amide bonds. The first-order valence-electron chi connectivity index (χ1n) is 22.0. The van der Waals surface area contributed by atoms with Gasteiger partial charge in [0, 0.05) is 60.7 Å². The number of hydrogen-bond donors (Lipinski definition) is 3. The molecule has 4 aromatic rings. The molecular formula is C48H56ClN8O5P. The Morgan fingerprint density at radius 2 is 1.75 bits per heavy atom. The Bertz CT molecular complexity index is 2520. The molecule has 1 unspecified atom stereocenters. The zero-order chi connectivity index (χ0) is 44.3. The first kappa shape index (κ1) is 44.2. The molecule has 3 fully saturated rings. The second-order valence-electron chi connectivity index (χ2n) is 17.5. The van der Waals surface area contributed by atoms with Crippen molar-refractivity contribution in [3.63, 3.8) is 0 Å². The number of fused-ring (bicyclic) bond motifs is 1. The molecule has 0 bridgehead atoms. The van der Waals surface area contributed by atoms with E-state index in [1.807, 2.05) is 36.4 Å². The third-order valence-electron chi connectivity index (χ3n) is 13.2. The maximum Gasteiger partial charge on any atom is 0.255 e. The van der Waals surface area contributed by atoms with Crippen molar-refractivity contribution in [1.29, 1.82) is 0 Å². The molecule has 1 aromatic heterocycles. The van der Waals surface area contributed by atoms with Gasteiger partial charge in [0.05, 0.1) is 24.7 Å². The number of carbonyl (C=O) groups is 3.